The highest BCUT2D eigenvalue weighted by molar-refractivity contribution is 7.99. The van der Waals surface area contributed by atoms with Crippen LogP contribution in [0.1, 0.15) is 25.5 Å². The number of hydrogen-bond donors (Lipinski definition) is 1. The molecule has 0 bridgehead atoms. The van der Waals surface area contributed by atoms with Gasteiger partial charge in [-0.15, -0.1) is 0 Å². The van der Waals surface area contributed by atoms with E-state index in [4.69, 9.17) is 0 Å². The Balaban J connectivity index is 2.77. The summed E-state index contributed by atoms with van der Waals surface area (Å²) >= 11 is 1.91. The topological polar surface area (TPSA) is 12.0 Å². The van der Waals surface area contributed by atoms with Crippen LogP contribution in [0.3, 0.4) is 0 Å². The van der Waals surface area contributed by atoms with E-state index < -0.39 is 0 Å². The molecule has 2 unspecified atom stereocenters. The average Bonchev–Trinajstić information content (AvgIpc) is 2.26. The third kappa shape index (κ3) is 3.03. The molecule has 1 aromatic carbocycles. The summed E-state index contributed by atoms with van der Waals surface area (Å²) in [5, 5.41) is 4.14. The Kier molecular flexibility index (Phi) is 5.05. The van der Waals surface area contributed by atoms with Gasteiger partial charge in [0, 0.05) is 11.3 Å². The summed E-state index contributed by atoms with van der Waals surface area (Å²) in [4.78, 5) is 0. The first-order valence-corrected chi connectivity index (χ1v) is 6.39. The van der Waals surface area contributed by atoms with Crippen molar-refractivity contribution in [1.29, 1.82) is 0 Å². The molecule has 14 heavy (non-hydrogen) atoms. The second-order valence-electron chi connectivity index (χ2n) is 3.39. The monoisotopic (exact) mass is 209 g/mol. The zero-order chi connectivity index (χ0) is 10.4. The van der Waals surface area contributed by atoms with Crippen molar-refractivity contribution < 1.29 is 0 Å². The van der Waals surface area contributed by atoms with E-state index in [1.54, 1.807) is 0 Å². The predicted molar refractivity (Wildman–Crippen MR) is 65.8 cm³/mol. The highest BCUT2D eigenvalue weighted by Crippen LogP contribution is 2.24. The Bertz CT molecular complexity index is 248. The first-order chi connectivity index (χ1) is 6.79. The van der Waals surface area contributed by atoms with E-state index in [1.807, 2.05) is 11.8 Å². The molecule has 2 atom stereocenters. The smallest absolute Gasteiger partial charge is 0.0437 e. The highest BCUT2D eigenvalue weighted by Gasteiger charge is 2.16. The van der Waals surface area contributed by atoms with Gasteiger partial charge < -0.3 is 5.32 Å². The van der Waals surface area contributed by atoms with E-state index >= 15 is 0 Å². The van der Waals surface area contributed by atoms with Gasteiger partial charge in [-0.05, 0) is 18.4 Å². The largest absolute Gasteiger partial charge is 0.309 e. The fourth-order valence-electron chi connectivity index (χ4n) is 1.57. The average molecular weight is 209 g/mol. The minimum atomic E-state index is 0.469. The molecule has 0 spiro atoms. The third-order valence-electron chi connectivity index (χ3n) is 2.42. The lowest BCUT2D eigenvalue weighted by atomic mass is 10.0. The Morgan fingerprint density at radius 3 is 2.43 bits per heavy atom. The molecule has 0 amide bonds. The van der Waals surface area contributed by atoms with Crippen molar-refractivity contribution in [3.8, 4) is 0 Å². The Labute approximate surface area is 91.3 Å². The molecule has 1 rings (SSSR count). The van der Waals surface area contributed by atoms with E-state index in [-0.39, 0.29) is 0 Å². The lowest BCUT2D eigenvalue weighted by Gasteiger charge is -2.23. The van der Waals surface area contributed by atoms with E-state index in [0.29, 0.717) is 11.3 Å². The number of hydrogen-bond acceptors (Lipinski definition) is 2. The van der Waals surface area contributed by atoms with Crippen molar-refractivity contribution in [3.05, 3.63) is 35.9 Å². The molecule has 0 heterocycles. The van der Waals surface area contributed by atoms with Gasteiger partial charge in [-0.3, -0.25) is 0 Å². The maximum atomic E-state index is 3.53. The summed E-state index contributed by atoms with van der Waals surface area (Å²) in [6, 6.07) is 11.1. The van der Waals surface area contributed by atoms with Crippen molar-refractivity contribution in [2.45, 2.75) is 25.1 Å². The fourth-order valence-corrected chi connectivity index (χ4v) is 2.10. The molecular weight excluding hydrogens is 190 g/mol. The molecule has 0 aromatic heterocycles. The molecule has 0 saturated carbocycles. The number of benzene rings is 1. The standard InChI is InChI=1S/C12H19NS/c1-4-13-12(10(2)14-3)11-8-6-5-7-9-11/h5-10,12-13H,4H2,1-3H3. The van der Waals surface area contributed by atoms with Gasteiger partial charge in [0.1, 0.15) is 0 Å². The zero-order valence-corrected chi connectivity index (χ0v) is 9.97. The van der Waals surface area contributed by atoms with Crippen molar-refractivity contribution in [1.82, 2.24) is 5.32 Å². The van der Waals surface area contributed by atoms with E-state index in [2.05, 4.69) is 55.8 Å². The van der Waals surface area contributed by atoms with Crippen LogP contribution in [0.15, 0.2) is 30.3 Å². The summed E-state index contributed by atoms with van der Waals surface area (Å²) in [6.45, 7) is 5.44. The van der Waals surface area contributed by atoms with Gasteiger partial charge >= 0.3 is 0 Å². The molecule has 0 radical (unpaired) electrons. The molecule has 0 fully saturated rings. The molecule has 1 N–H and O–H groups in total. The number of rotatable bonds is 5. The fraction of sp³-hybridized carbons (Fsp3) is 0.500. The Morgan fingerprint density at radius 2 is 1.93 bits per heavy atom. The Hall–Kier alpha value is -0.470. The normalized spacial score (nSPS) is 15.1. The minimum Gasteiger partial charge on any atom is -0.309 e. The van der Waals surface area contributed by atoms with E-state index in [9.17, 15) is 0 Å². The van der Waals surface area contributed by atoms with Crippen molar-refractivity contribution >= 4 is 11.8 Å². The molecule has 0 aliphatic heterocycles. The first kappa shape index (κ1) is 11.6. The SMILES string of the molecule is CCNC(c1ccccc1)C(C)SC. The lowest BCUT2D eigenvalue weighted by molar-refractivity contribution is 0.548. The highest BCUT2D eigenvalue weighted by atomic mass is 32.2. The molecule has 78 valence electrons. The minimum absolute atomic E-state index is 0.469. The summed E-state index contributed by atoms with van der Waals surface area (Å²) in [5.74, 6) is 0. The molecule has 2 heteroatoms. The van der Waals surface area contributed by atoms with Gasteiger partial charge in [0.25, 0.3) is 0 Å². The van der Waals surface area contributed by atoms with Gasteiger partial charge in [-0.2, -0.15) is 11.8 Å². The second kappa shape index (κ2) is 6.10. The van der Waals surface area contributed by atoms with Gasteiger partial charge in [0.2, 0.25) is 0 Å². The van der Waals surface area contributed by atoms with Crippen LogP contribution in [0.25, 0.3) is 0 Å². The van der Waals surface area contributed by atoms with Gasteiger partial charge in [-0.1, -0.05) is 44.2 Å². The molecule has 1 aromatic rings. The van der Waals surface area contributed by atoms with Crippen LogP contribution in [-0.2, 0) is 0 Å². The van der Waals surface area contributed by atoms with Crippen LogP contribution in [-0.4, -0.2) is 18.1 Å². The van der Waals surface area contributed by atoms with Gasteiger partial charge in [0.05, 0.1) is 0 Å². The van der Waals surface area contributed by atoms with Crippen LogP contribution in [0.5, 0.6) is 0 Å². The summed E-state index contributed by atoms with van der Waals surface area (Å²) in [6.07, 6.45) is 2.16. The summed E-state index contributed by atoms with van der Waals surface area (Å²) in [5.41, 5.74) is 1.39. The third-order valence-corrected chi connectivity index (χ3v) is 3.44. The van der Waals surface area contributed by atoms with Crippen LogP contribution in [0.4, 0.5) is 0 Å². The number of nitrogens with one attached hydrogen (secondary N) is 1. The van der Waals surface area contributed by atoms with Crippen LogP contribution < -0.4 is 5.32 Å². The molecule has 1 nitrogen and oxygen atoms in total. The molecule has 0 aliphatic rings. The van der Waals surface area contributed by atoms with Crippen LogP contribution in [0, 0.1) is 0 Å². The van der Waals surface area contributed by atoms with E-state index in [0.717, 1.165) is 6.54 Å². The second-order valence-corrected chi connectivity index (χ2v) is 4.60. The molecular formula is C12H19NS. The lowest BCUT2D eigenvalue weighted by Crippen LogP contribution is -2.28. The van der Waals surface area contributed by atoms with Crippen LogP contribution >= 0.6 is 11.8 Å². The Morgan fingerprint density at radius 1 is 1.29 bits per heavy atom. The van der Waals surface area contributed by atoms with Crippen molar-refractivity contribution in [2.24, 2.45) is 0 Å². The summed E-state index contributed by atoms with van der Waals surface area (Å²) < 4.78 is 0. The quantitative estimate of drug-likeness (QED) is 0.800. The predicted octanol–water partition coefficient (Wildman–Crippen LogP) is 3.09. The van der Waals surface area contributed by atoms with Crippen molar-refractivity contribution in [3.63, 3.8) is 0 Å². The van der Waals surface area contributed by atoms with Crippen LogP contribution in [0.2, 0.25) is 0 Å². The molecule has 0 aliphatic carbocycles. The van der Waals surface area contributed by atoms with Crippen molar-refractivity contribution in [2.75, 3.05) is 12.8 Å². The first-order valence-electron chi connectivity index (χ1n) is 5.10. The molecule has 0 saturated heterocycles. The zero-order valence-electron chi connectivity index (χ0n) is 9.16. The maximum Gasteiger partial charge on any atom is 0.0437 e. The maximum absolute atomic E-state index is 3.53. The summed E-state index contributed by atoms with van der Waals surface area (Å²) in [7, 11) is 0. The van der Waals surface area contributed by atoms with Gasteiger partial charge in [0.15, 0.2) is 0 Å². The van der Waals surface area contributed by atoms with Gasteiger partial charge in [-0.25, -0.2) is 0 Å². The number of thioether (sulfide) groups is 1. The van der Waals surface area contributed by atoms with E-state index in [1.165, 1.54) is 5.56 Å².